The lowest BCUT2D eigenvalue weighted by Crippen LogP contribution is -2.00. The number of ether oxygens (including phenoxy) is 1. The van der Waals surface area contributed by atoms with Crippen molar-refractivity contribution in [3.05, 3.63) is 35.9 Å². The quantitative estimate of drug-likeness (QED) is 0.316. The summed E-state index contributed by atoms with van der Waals surface area (Å²) >= 11 is 0. The van der Waals surface area contributed by atoms with Gasteiger partial charge >= 0.3 is 5.97 Å². The van der Waals surface area contributed by atoms with Crippen LogP contribution in [0.5, 0.6) is 5.75 Å². The number of hydrogen-bond donors (Lipinski definition) is 0. The van der Waals surface area contributed by atoms with Gasteiger partial charge in [-0.3, -0.25) is 9.59 Å². The third kappa shape index (κ3) is 3.23. The zero-order valence-electron chi connectivity index (χ0n) is 7.77. The third-order valence-corrected chi connectivity index (χ3v) is 1.51. The molecule has 0 spiro atoms. The molecule has 0 heterocycles. The molecule has 0 amide bonds. The lowest BCUT2D eigenvalue weighted by atomic mass is 10.2. The summed E-state index contributed by atoms with van der Waals surface area (Å²) in [5, 5.41) is 0. The maximum atomic E-state index is 10.6. The Bertz CT molecular complexity index is 349. The van der Waals surface area contributed by atoms with Gasteiger partial charge in [-0.2, -0.15) is 0 Å². The van der Waals surface area contributed by atoms with E-state index in [9.17, 15) is 9.59 Å². The standard InChI is InChI=1S/C11H10O3/c1-9(13)14-11-6-4-10(5-7-11)3-2-8-12/h2-8H,1H3. The summed E-state index contributed by atoms with van der Waals surface area (Å²) in [4.78, 5) is 20.6. The van der Waals surface area contributed by atoms with E-state index in [0.717, 1.165) is 5.56 Å². The van der Waals surface area contributed by atoms with E-state index in [-0.39, 0.29) is 5.97 Å². The molecule has 0 saturated heterocycles. The summed E-state index contributed by atoms with van der Waals surface area (Å²) in [5.41, 5.74) is 0.882. The van der Waals surface area contributed by atoms with E-state index in [2.05, 4.69) is 0 Å². The molecular formula is C11H10O3. The first-order valence-corrected chi connectivity index (χ1v) is 4.12. The number of carbonyl (C=O) groups excluding carboxylic acids is 2. The van der Waals surface area contributed by atoms with E-state index in [1.165, 1.54) is 13.0 Å². The number of allylic oxidation sites excluding steroid dienone is 1. The predicted octanol–water partition coefficient (Wildman–Crippen LogP) is 1.82. The Morgan fingerprint density at radius 3 is 2.43 bits per heavy atom. The Hall–Kier alpha value is -1.90. The molecule has 0 fully saturated rings. The topological polar surface area (TPSA) is 43.4 Å². The van der Waals surface area contributed by atoms with Gasteiger partial charge in [-0.15, -0.1) is 0 Å². The van der Waals surface area contributed by atoms with Gasteiger partial charge in [-0.1, -0.05) is 18.2 Å². The van der Waals surface area contributed by atoms with Gasteiger partial charge in [0.2, 0.25) is 0 Å². The average Bonchev–Trinajstić information content (AvgIpc) is 2.16. The van der Waals surface area contributed by atoms with Crippen molar-refractivity contribution in [3.63, 3.8) is 0 Å². The Morgan fingerprint density at radius 2 is 1.93 bits per heavy atom. The van der Waals surface area contributed by atoms with Crippen LogP contribution in [0.1, 0.15) is 12.5 Å². The molecular weight excluding hydrogens is 180 g/mol. The fourth-order valence-electron chi connectivity index (χ4n) is 0.963. The van der Waals surface area contributed by atoms with Crippen LogP contribution in [0.25, 0.3) is 6.08 Å². The average molecular weight is 190 g/mol. The van der Waals surface area contributed by atoms with Gasteiger partial charge in [0.15, 0.2) is 0 Å². The molecule has 1 aromatic rings. The highest BCUT2D eigenvalue weighted by molar-refractivity contribution is 5.74. The molecule has 14 heavy (non-hydrogen) atoms. The fraction of sp³-hybridized carbons (Fsp3) is 0.0909. The molecule has 0 aliphatic heterocycles. The van der Waals surface area contributed by atoms with Gasteiger partial charge in [0, 0.05) is 6.92 Å². The van der Waals surface area contributed by atoms with E-state index >= 15 is 0 Å². The minimum absolute atomic E-state index is 0.346. The zero-order chi connectivity index (χ0) is 10.4. The molecule has 1 rings (SSSR count). The maximum Gasteiger partial charge on any atom is 0.308 e. The molecule has 1 aromatic carbocycles. The summed E-state index contributed by atoms with van der Waals surface area (Å²) in [5.74, 6) is 0.155. The Kier molecular flexibility index (Phi) is 3.61. The van der Waals surface area contributed by atoms with Gasteiger partial charge in [-0.25, -0.2) is 0 Å². The summed E-state index contributed by atoms with van der Waals surface area (Å²) in [6.07, 6.45) is 3.78. The molecule has 0 radical (unpaired) electrons. The van der Waals surface area contributed by atoms with Crippen molar-refractivity contribution in [2.75, 3.05) is 0 Å². The van der Waals surface area contributed by atoms with Crippen molar-refractivity contribution >= 4 is 18.3 Å². The third-order valence-electron chi connectivity index (χ3n) is 1.51. The Labute approximate surface area is 82.0 Å². The van der Waals surface area contributed by atoms with Crippen LogP contribution in [0.2, 0.25) is 0 Å². The van der Waals surface area contributed by atoms with Gasteiger partial charge in [0.1, 0.15) is 12.0 Å². The molecule has 0 bridgehead atoms. The second kappa shape index (κ2) is 4.97. The van der Waals surface area contributed by atoms with Crippen molar-refractivity contribution < 1.29 is 14.3 Å². The SMILES string of the molecule is CC(=O)Oc1ccc(C=CC=O)cc1. The number of carbonyl (C=O) groups is 2. The van der Waals surface area contributed by atoms with E-state index in [0.29, 0.717) is 12.0 Å². The van der Waals surface area contributed by atoms with Crippen molar-refractivity contribution in [1.29, 1.82) is 0 Å². The van der Waals surface area contributed by atoms with Gasteiger partial charge < -0.3 is 4.74 Å². The van der Waals surface area contributed by atoms with Crippen LogP contribution in [0, 0.1) is 0 Å². The number of aldehydes is 1. The number of esters is 1. The fourth-order valence-corrected chi connectivity index (χ4v) is 0.963. The zero-order valence-corrected chi connectivity index (χ0v) is 7.77. The van der Waals surface area contributed by atoms with Gasteiger partial charge in [-0.05, 0) is 23.8 Å². The van der Waals surface area contributed by atoms with Crippen molar-refractivity contribution in [3.8, 4) is 5.75 Å². The predicted molar refractivity (Wildman–Crippen MR) is 52.8 cm³/mol. The van der Waals surface area contributed by atoms with Crippen LogP contribution in [0.4, 0.5) is 0 Å². The number of rotatable bonds is 3. The molecule has 0 N–H and O–H groups in total. The molecule has 3 nitrogen and oxygen atoms in total. The van der Waals surface area contributed by atoms with E-state index in [4.69, 9.17) is 4.74 Å². The summed E-state index contributed by atoms with van der Waals surface area (Å²) in [6, 6.07) is 6.87. The van der Waals surface area contributed by atoms with Crippen LogP contribution in [-0.4, -0.2) is 12.3 Å². The van der Waals surface area contributed by atoms with Gasteiger partial charge in [0.25, 0.3) is 0 Å². The summed E-state index contributed by atoms with van der Waals surface area (Å²) in [7, 11) is 0. The molecule has 3 heteroatoms. The second-order valence-electron chi connectivity index (χ2n) is 2.66. The first kappa shape index (κ1) is 10.2. The second-order valence-corrected chi connectivity index (χ2v) is 2.66. The first-order valence-electron chi connectivity index (χ1n) is 4.12. The minimum atomic E-state index is -0.346. The number of hydrogen-bond acceptors (Lipinski definition) is 3. The van der Waals surface area contributed by atoms with Crippen LogP contribution in [0.3, 0.4) is 0 Å². The molecule has 0 aliphatic carbocycles. The largest absolute Gasteiger partial charge is 0.427 e. The highest BCUT2D eigenvalue weighted by atomic mass is 16.5. The molecule has 0 aromatic heterocycles. The monoisotopic (exact) mass is 190 g/mol. The lowest BCUT2D eigenvalue weighted by Gasteiger charge is -2.00. The molecule has 0 aliphatic rings. The van der Waals surface area contributed by atoms with Crippen LogP contribution < -0.4 is 4.74 Å². The van der Waals surface area contributed by atoms with E-state index < -0.39 is 0 Å². The van der Waals surface area contributed by atoms with Gasteiger partial charge in [0.05, 0.1) is 0 Å². The van der Waals surface area contributed by atoms with Crippen LogP contribution in [-0.2, 0) is 9.59 Å². The Balaban J connectivity index is 2.73. The molecule has 72 valence electrons. The highest BCUT2D eigenvalue weighted by Gasteiger charge is 1.96. The van der Waals surface area contributed by atoms with Crippen molar-refractivity contribution in [2.45, 2.75) is 6.92 Å². The Morgan fingerprint density at radius 1 is 1.29 bits per heavy atom. The summed E-state index contributed by atoms with van der Waals surface area (Å²) < 4.78 is 4.84. The molecule has 0 saturated carbocycles. The van der Waals surface area contributed by atoms with Crippen LogP contribution >= 0.6 is 0 Å². The van der Waals surface area contributed by atoms with Crippen LogP contribution in [0.15, 0.2) is 30.3 Å². The molecule has 0 atom stereocenters. The first-order chi connectivity index (χ1) is 6.72. The molecule has 0 unspecified atom stereocenters. The normalized spacial score (nSPS) is 10.1. The summed E-state index contributed by atoms with van der Waals surface area (Å²) in [6.45, 7) is 1.35. The minimum Gasteiger partial charge on any atom is -0.427 e. The lowest BCUT2D eigenvalue weighted by molar-refractivity contribution is -0.131. The maximum absolute atomic E-state index is 10.6. The van der Waals surface area contributed by atoms with Crippen molar-refractivity contribution in [2.24, 2.45) is 0 Å². The van der Waals surface area contributed by atoms with Crippen molar-refractivity contribution in [1.82, 2.24) is 0 Å². The smallest absolute Gasteiger partial charge is 0.308 e. The number of benzene rings is 1. The highest BCUT2D eigenvalue weighted by Crippen LogP contribution is 2.12. The van der Waals surface area contributed by atoms with E-state index in [1.807, 2.05) is 0 Å². The van der Waals surface area contributed by atoms with E-state index in [1.54, 1.807) is 30.3 Å².